The summed E-state index contributed by atoms with van der Waals surface area (Å²) in [5, 5.41) is 13.2. The van der Waals surface area contributed by atoms with Crippen LogP contribution in [0.5, 0.6) is 0 Å². The van der Waals surface area contributed by atoms with Crippen molar-refractivity contribution in [2.45, 2.75) is 6.42 Å². The van der Waals surface area contributed by atoms with E-state index < -0.39 is 16.6 Å². The van der Waals surface area contributed by atoms with E-state index in [1.165, 1.54) is 0 Å². The number of carbonyl (C=O) groups excluding carboxylic acids is 1. The van der Waals surface area contributed by atoms with Gasteiger partial charge in [0.2, 0.25) is 0 Å². The fourth-order valence-electron chi connectivity index (χ4n) is 1.36. The first kappa shape index (κ1) is 14.8. The highest BCUT2D eigenvalue weighted by atomic mass is 16.6. The molecule has 0 fully saturated rings. The van der Waals surface area contributed by atoms with Crippen molar-refractivity contribution in [1.82, 2.24) is 10.3 Å². The average Bonchev–Trinajstić information content (AvgIpc) is 2.42. The summed E-state index contributed by atoms with van der Waals surface area (Å²) in [6.45, 7) is 0.908. The molecular weight excluding hydrogens is 254 g/mol. The van der Waals surface area contributed by atoms with Crippen molar-refractivity contribution in [2.75, 3.05) is 25.7 Å². The summed E-state index contributed by atoms with van der Waals surface area (Å²) in [5.74, 6) is 4.35. The number of pyridine rings is 1. The third kappa shape index (κ3) is 4.16. The molecule has 0 saturated heterocycles. The minimum absolute atomic E-state index is 0.0709. The van der Waals surface area contributed by atoms with Crippen molar-refractivity contribution in [1.29, 1.82) is 0 Å². The Bertz CT molecular complexity index is 465. The third-order valence-corrected chi connectivity index (χ3v) is 2.29. The van der Waals surface area contributed by atoms with E-state index in [-0.39, 0.29) is 11.3 Å². The quantitative estimate of drug-likeness (QED) is 0.275. The van der Waals surface area contributed by atoms with Crippen LogP contribution in [0.25, 0.3) is 0 Å². The second kappa shape index (κ2) is 7.24. The molecular formula is C10H15N5O4. The molecule has 1 heterocycles. The molecule has 1 aromatic heterocycles. The number of ether oxygens (including phenoxy) is 1. The van der Waals surface area contributed by atoms with Gasteiger partial charge < -0.3 is 25.6 Å². The summed E-state index contributed by atoms with van der Waals surface area (Å²) in [6, 6.07) is 1.07. The van der Waals surface area contributed by atoms with Gasteiger partial charge in [-0.3, -0.25) is 10.6 Å². The molecule has 1 aromatic rings. The molecule has 0 unspecified atom stereocenters. The van der Waals surface area contributed by atoms with Crippen LogP contribution in [0.3, 0.4) is 0 Å². The van der Waals surface area contributed by atoms with Gasteiger partial charge in [-0.05, 0) is 16.3 Å². The van der Waals surface area contributed by atoms with Crippen molar-refractivity contribution >= 4 is 17.4 Å². The molecule has 1 rings (SSSR count). The van der Waals surface area contributed by atoms with Crippen LogP contribution < -0.4 is 16.6 Å². The van der Waals surface area contributed by atoms with E-state index in [0.717, 1.165) is 12.3 Å². The Morgan fingerprint density at radius 1 is 1.63 bits per heavy atom. The highest BCUT2D eigenvalue weighted by Crippen LogP contribution is 2.18. The fraction of sp³-hybridized carbons (Fsp3) is 0.400. The lowest BCUT2D eigenvalue weighted by molar-refractivity contribution is -0.389. The van der Waals surface area contributed by atoms with Crippen LogP contribution in [0.4, 0.5) is 11.5 Å². The minimum Gasteiger partial charge on any atom is -0.385 e. The number of hydrogen-bond acceptors (Lipinski definition) is 7. The van der Waals surface area contributed by atoms with E-state index in [1.54, 1.807) is 7.11 Å². The molecule has 0 saturated carbocycles. The SMILES string of the molecule is COCCCNC(=O)c1cc([N+](=O)[O-])ncc1NN. The van der Waals surface area contributed by atoms with E-state index >= 15 is 0 Å². The molecule has 0 spiro atoms. The van der Waals surface area contributed by atoms with Gasteiger partial charge in [0.1, 0.15) is 5.69 Å². The van der Waals surface area contributed by atoms with Crippen molar-refractivity contribution < 1.29 is 14.5 Å². The Kier molecular flexibility index (Phi) is 5.64. The molecule has 104 valence electrons. The molecule has 4 N–H and O–H groups in total. The number of nitrogens with one attached hydrogen (secondary N) is 2. The highest BCUT2D eigenvalue weighted by Gasteiger charge is 2.18. The number of nitro groups is 1. The lowest BCUT2D eigenvalue weighted by Crippen LogP contribution is -2.27. The lowest BCUT2D eigenvalue weighted by atomic mass is 10.2. The normalized spacial score (nSPS) is 10.0. The van der Waals surface area contributed by atoms with Gasteiger partial charge in [-0.2, -0.15) is 0 Å². The van der Waals surface area contributed by atoms with Crippen LogP contribution in [0.2, 0.25) is 0 Å². The summed E-state index contributed by atoms with van der Waals surface area (Å²) in [7, 11) is 1.56. The second-order valence-electron chi connectivity index (χ2n) is 3.59. The van der Waals surface area contributed by atoms with Crippen molar-refractivity contribution in [2.24, 2.45) is 5.84 Å². The summed E-state index contributed by atoms with van der Waals surface area (Å²) in [4.78, 5) is 25.4. The van der Waals surface area contributed by atoms with Crippen LogP contribution in [0.1, 0.15) is 16.8 Å². The topological polar surface area (TPSA) is 132 Å². The first-order valence-electron chi connectivity index (χ1n) is 5.48. The van der Waals surface area contributed by atoms with Crippen LogP contribution in [0.15, 0.2) is 12.3 Å². The van der Waals surface area contributed by atoms with Gasteiger partial charge in [0.15, 0.2) is 6.20 Å². The van der Waals surface area contributed by atoms with Crippen LogP contribution >= 0.6 is 0 Å². The number of nitrogens with two attached hydrogens (primary N) is 1. The Morgan fingerprint density at radius 3 is 2.95 bits per heavy atom. The predicted octanol–water partition coefficient (Wildman–Crippen LogP) is 0.0417. The summed E-state index contributed by atoms with van der Waals surface area (Å²) >= 11 is 0. The number of rotatable bonds is 7. The highest BCUT2D eigenvalue weighted by molar-refractivity contribution is 5.99. The number of hydrazine groups is 1. The van der Waals surface area contributed by atoms with E-state index in [9.17, 15) is 14.9 Å². The number of amides is 1. The van der Waals surface area contributed by atoms with E-state index in [4.69, 9.17) is 10.6 Å². The van der Waals surface area contributed by atoms with Crippen LogP contribution in [0, 0.1) is 10.1 Å². The second-order valence-corrected chi connectivity index (χ2v) is 3.59. The molecule has 0 bridgehead atoms. The van der Waals surface area contributed by atoms with E-state index in [2.05, 4.69) is 15.7 Å². The van der Waals surface area contributed by atoms with Crippen molar-refractivity contribution in [3.8, 4) is 0 Å². The molecule has 0 radical (unpaired) electrons. The largest absolute Gasteiger partial charge is 0.385 e. The number of methoxy groups -OCH3 is 1. The van der Waals surface area contributed by atoms with Gasteiger partial charge in [-0.1, -0.05) is 0 Å². The first-order valence-corrected chi connectivity index (χ1v) is 5.48. The van der Waals surface area contributed by atoms with Gasteiger partial charge in [0, 0.05) is 20.3 Å². The smallest absolute Gasteiger partial charge is 0.364 e. The summed E-state index contributed by atoms with van der Waals surface area (Å²) < 4.78 is 4.84. The van der Waals surface area contributed by atoms with Crippen molar-refractivity contribution in [3.05, 3.63) is 27.9 Å². The molecule has 0 aliphatic rings. The van der Waals surface area contributed by atoms with Gasteiger partial charge in [-0.25, -0.2) is 0 Å². The molecule has 9 nitrogen and oxygen atoms in total. The maximum absolute atomic E-state index is 11.9. The molecule has 0 aliphatic carbocycles. The number of aromatic nitrogens is 1. The predicted molar refractivity (Wildman–Crippen MR) is 67.5 cm³/mol. The summed E-state index contributed by atoms with van der Waals surface area (Å²) in [5.41, 5.74) is 2.56. The van der Waals surface area contributed by atoms with Gasteiger partial charge >= 0.3 is 5.82 Å². The molecule has 0 atom stereocenters. The monoisotopic (exact) mass is 269 g/mol. The van der Waals surface area contributed by atoms with E-state index in [1.807, 2.05) is 0 Å². The average molecular weight is 269 g/mol. The number of carbonyl (C=O) groups is 1. The molecule has 0 aliphatic heterocycles. The molecule has 19 heavy (non-hydrogen) atoms. The van der Waals surface area contributed by atoms with E-state index in [0.29, 0.717) is 19.6 Å². The number of nitrogen functional groups attached to an aromatic ring is 1. The zero-order valence-electron chi connectivity index (χ0n) is 10.4. The zero-order chi connectivity index (χ0) is 14.3. The van der Waals surface area contributed by atoms with Crippen LogP contribution in [-0.2, 0) is 4.74 Å². The fourth-order valence-corrected chi connectivity index (χ4v) is 1.36. The summed E-state index contributed by atoms with van der Waals surface area (Å²) in [6.07, 6.45) is 1.78. The maximum Gasteiger partial charge on any atom is 0.364 e. The van der Waals surface area contributed by atoms with Gasteiger partial charge in [-0.15, -0.1) is 0 Å². The Morgan fingerprint density at radius 2 is 2.37 bits per heavy atom. The minimum atomic E-state index is -0.679. The molecule has 9 heteroatoms. The molecule has 1 amide bonds. The van der Waals surface area contributed by atoms with Crippen molar-refractivity contribution in [3.63, 3.8) is 0 Å². The third-order valence-electron chi connectivity index (χ3n) is 2.29. The zero-order valence-corrected chi connectivity index (χ0v) is 10.4. The Labute approximate surface area is 109 Å². The lowest BCUT2D eigenvalue weighted by Gasteiger charge is -2.08. The number of anilines is 1. The first-order chi connectivity index (χ1) is 9.10. The van der Waals surface area contributed by atoms with Gasteiger partial charge in [0.25, 0.3) is 5.91 Å². The number of nitrogens with zero attached hydrogens (tertiary/aromatic N) is 2. The van der Waals surface area contributed by atoms with Crippen LogP contribution in [-0.4, -0.2) is 36.1 Å². The number of hydrogen-bond donors (Lipinski definition) is 3. The maximum atomic E-state index is 11.9. The standard InChI is InChI=1S/C10H15N5O4/c1-19-4-2-3-12-10(16)7-5-9(15(17)18)13-6-8(7)14-11/h5-6,14H,2-4,11H2,1H3,(H,12,16). The Hall–Kier alpha value is -2.26. The van der Waals surface area contributed by atoms with Gasteiger partial charge in [0.05, 0.1) is 11.6 Å². The Balaban J connectivity index is 2.81. The molecule has 0 aromatic carbocycles.